The summed E-state index contributed by atoms with van der Waals surface area (Å²) < 4.78 is 66.5. The molecule has 0 heterocycles. The van der Waals surface area contributed by atoms with Crippen LogP contribution in [-0.2, 0) is 4.74 Å². The highest BCUT2D eigenvalue weighted by Gasteiger charge is 2.27. The normalized spacial score (nSPS) is 15.0. The van der Waals surface area contributed by atoms with E-state index in [4.69, 9.17) is 4.74 Å². The number of aliphatic imine (C=N–C) groups is 1. The monoisotopic (exact) mass is 317 g/mol. The van der Waals surface area contributed by atoms with E-state index in [0.717, 1.165) is 0 Å². The minimum Gasteiger partial charge on any atom is -0.492 e. The molecule has 0 rings (SSSR count). The second-order valence-electron chi connectivity index (χ2n) is 4.31. The minimum atomic E-state index is -4.30. The van der Waals surface area contributed by atoms with E-state index in [1.165, 1.54) is 19.9 Å². The second-order valence-corrected chi connectivity index (χ2v) is 5.53. The highest BCUT2D eigenvalue weighted by atomic mass is 31.1. The molecule has 20 heavy (non-hydrogen) atoms. The van der Waals surface area contributed by atoms with Gasteiger partial charge in [-0.2, -0.15) is 13.2 Å². The van der Waals surface area contributed by atoms with Gasteiger partial charge in [0.15, 0.2) is 6.61 Å². The molecule has 8 heteroatoms. The van der Waals surface area contributed by atoms with Crippen molar-refractivity contribution in [2.45, 2.75) is 32.9 Å². The maximum atomic E-state index is 12.6. The lowest BCUT2D eigenvalue weighted by Crippen LogP contribution is -2.18. The zero-order valence-electron chi connectivity index (χ0n) is 11.4. The molecule has 0 aliphatic rings. The van der Waals surface area contributed by atoms with E-state index >= 15 is 0 Å². The summed E-state index contributed by atoms with van der Waals surface area (Å²) in [6, 6.07) is 0. The van der Waals surface area contributed by atoms with E-state index in [9.17, 15) is 22.0 Å². The maximum absolute atomic E-state index is 12.6. The van der Waals surface area contributed by atoms with Crippen LogP contribution in [0.4, 0.5) is 22.0 Å². The highest BCUT2D eigenvalue weighted by molar-refractivity contribution is 7.59. The number of halogens is 5. The van der Waals surface area contributed by atoms with E-state index < -0.39 is 33.4 Å². The fourth-order valence-electron chi connectivity index (χ4n) is 0.994. The number of hydrogen-bond acceptors (Lipinski definition) is 2. The third-order valence-electron chi connectivity index (χ3n) is 1.67. The summed E-state index contributed by atoms with van der Waals surface area (Å²) in [5, 5.41) is 0. The van der Waals surface area contributed by atoms with Gasteiger partial charge in [-0.25, -0.2) is 8.78 Å². The molecule has 0 aliphatic heterocycles. The molecule has 0 aliphatic carbocycles. The van der Waals surface area contributed by atoms with Gasteiger partial charge in [-0.3, -0.25) is 4.99 Å². The summed E-state index contributed by atoms with van der Waals surface area (Å²) in [5.74, 6) is -2.92. The first-order valence-electron chi connectivity index (χ1n) is 5.63. The Labute approximate surface area is 116 Å². The van der Waals surface area contributed by atoms with Gasteiger partial charge in [-0.15, -0.1) is 0 Å². The second kappa shape index (κ2) is 7.72. The molecule has 0 bridgehead atoms. The first-order chi connectivity index (χ1) is 8.89. The van der Waals surface area contributed by atoms with E-state index in [0.29, 0.717) is 12.6 Å². The van der Waals surface area contributed by atoms with Crippen LogP contribution in [0.3, 0.4) is 0 Å². The molecule has 0 N–H and O–H groups in total. The SMILES string of the molecule is C=C(C)N=C(/C=C(\C)OCC(C)(F)F)PCC(F)(F)F. The van der Waals surface area contributed by atoms with Crippen molar-refractivity contribution in [3.8, 4) is 0 Å². The first-order valence-corrected chi connectivity index (χ1v) is 6.83. The largest absolute Gasteiger partial charge is 0.492 e. The number of rotatable bonds is 7. The number of nitrogens with zero attached hydrogens (tertiary/aromatic N) is 1. The Bertz CT molecular complexity index is 396. The Kier molecular flexibility index (Phi) is 7.34. The number of ether oxygens (including phenoxy) is 1. The average molecular weight is 317 g/mol. The molecule has 0 fully saturated rings. The van der Waals surface area contributed by atoms with Gasteiger partial charge in [0.25, 0.3) is 5.92 Å². The van der Waals surface area contributed by atoms with Crippen LogP contribution in [0.15, 0.2) is 29.1 Å². The number of allylic oxidation sites excluding steroid dienone is 3. The summed E-state index contributed by atoms with van der Waals surface area (Å²) >= 11 is 0. The molecule has 116 valence electrons. The highest BCUT2D eigenvalue weighted by Crippen LogP contribution is 2.28. The molecule has 2 nitrogen and oxygen atoms in total. The lowest BCUT2D eigenvalue weighted by Gasteiger charge is -2.13. The Morgan fingerprint density at radius 1 is 1.25 bits per heavy atom. The topological polar surface area (TPSA) is 21.6 Å². The van der Waals surface area contributed by atoms with Crippen LogP contribution in [-0.4, -0.2) is 30.3 Å². The molecule has 0 saturated heterocycles. The third-order valence-corrected chi connectivity index (χ3v) is 2.87. The van der Waals surface area contributed by atoms with Gasteiger partial charge in [-0.05, 0) is 13.8 Å². The predicted octanol–water partition coefficient (Wildman–Crippen LogP) is 4.73. The molecule has 1 atom stereocenters. The van der Waals surface area contributed by atoms with Gasteiger partial charge in [-0.1, -0.05) is 15.2 Å². The van der Waals surface area contributed by atoms with E-state index in [-0.39, 0.29) is 11.2 Å². The van der Waals surface area contributed by atoms with Gasteiger partial charge in [0.1, 0.15) is 0 Å². The summed E-state index contributed by atoms with van der Waals surface area (Å²) in [6.07, 6.45) is -4.09. The lowest BCUT2D eigenvalue weighted by molar-refractivity contribution is -0.105. The molecule has 0 aromatic rings. The number of alkyl halides is 5. The van der Waals surface area contributed by atoms with Gasteiger partial charge < -0.3 is 4.74 Å². The fourth-order valence-corrected chi connectivity index (χ4v) is 1.95. The van der Waals surface area contributed by atoms with Crippen LogP contribution in [0.2, 0.25) is 0 Å². The van der Waals surface area contributed by atoms with E-state index in [1.807, 2.05) is 0 Å². The Morgan fingerprint density at radius 3 is 2.20 bits per heavy atom. The van der Waals surface area contributed by atoms with Gasteiger partial charge in [0, 0.05) is 18.7 Å². The van der Waals surface area contributed by atoms with Crippen LogP contribution in [0.1, 0.15) is 20.8 Å². The molecular formula is C12H17F5NOP. The Balaban J connectivity index is 4.76. The van der Waals surface area contributed by atoms with E-state index in [2.05, 4.69) is 11.6 Å². The third kappa shape index (κ3) is 12.1. The fraction of sp³-hybridized carbons (Fsp3) is 0.583. The number of hydrogen-bond donors (Lipinski definition) is 0. The minimum absolute atomic E-state index is 0.0844. The van der Waals surface area contributed by atoms with Crippen molar-refractivity contribution in [2.24, 2.45) is 4.99 Å². The summed E-state index contributed by atoms with van der Waals surface area (Å²) in [7, 11) is -0.628. The van der Waals surface area contributed by atoms with Gasteiger partial charge >= 0.3 is 6.18 Å². The van der Waals surface area contributed by atoms with Crippen LogP contribution < -0.4 is 0 Å². The van der Waals surface area contributed by atoms with E-state index in [1.54, 1.807) is 0 Å². The Morgan fingerprint density at radius 2 is 1.80 bits per heavy atom. The molecular weight excluding hydrogens is 300 g/mol. The van der Waals surface area contributed by atoms with Gasteiger partial charge in [0.05, 0.1) is 17.4 Å². The smallest absolute Gasteiger partial charge is 0.393 e. The zero-order valence-corrected chi connectivity index (χ0v) is 12.4. The first kappa shape index (κ1) is 19.0. The average Bonchev–Trinajstić information content (AvgIpc) is 2.20. The molecule has 0 saturated carbocycles. The Hall–Kier alpha value is -0.970. The molecule has 0 aromatic carbocycles. The standard InChI is InChI=1S/C12H17F5NOP/c1-8(2)18-10(20-7-12(15,16)17)5-9(3)19-6-11(4,13)14/h5,20H,1,6-7H2,2-4H3/b9-5+,18-10?. The van der Waals surface area contributed by atoms with Crippen molar-refractivity contribution in [1.29, 1.82) is 0 Å². The van der Waals surface area contributed by atoms with Gasteiger partial charge in [0.2, 0.25) is 0 Å². The zero-order chi connectivity index (χ0) is 16.0. The van der Waals surface area contributed by atoms with Crippen molar-refractivity contribution in [2.75, 3.05) is 12.8 Å². The summed E-state index contributed by atoms with van der Waals surface area (Å²) in [6.45, 7) is 6.25. The predicted molar refractivity (Wildman–Crippen MR) is 71.8 cm³/mol. The van der Waals surface area contributed by atoms with Crippen molar-refractivity contribution in [3.63, 3.8) is 0 Å². The summed E-state index contributed by atoms with van der Waals surface area (Å²) in [4.78, 5) is 3.86. The molecule has 0 aromatic heterocycles. The van der Waals surface area contributed by atoms with Crippen LogP contribution in [0.25, 0.3) is 0 Å². The lowest BCUT2D eigenvalue weighted by atomic mass is 10.4. The van der Waals surface area contributed by atoms with Crippen LogP contribution in [0.5, 0.6) is 0 Å². The molecule has 0 amide bonds. The van der Waals surface area contributed by atoms with Crippen molar-refractivity contribution in [3.05, 3.63) is 24.1 Å². The molecule has 0 radical (unpaired) electrons. The van der Waals surface area contributed by atoms with Crippen LogP contribution >= 0.6 is 8.58 Å². The maximum Gasteiger partial charge on any atom is 0.393 e. The quantitative estimate of drug-likeness (QED) is 0.288. The molecule has 0 spiro atoms. The van der Waals surface area contributed by atoms with Crippen molar-refractivity contribution < 1.29 is 26.7 Å². The molecule has 1 unspecified atom stereocenters. The van der Waals surface area contributed by atoms with Crippen molar-refractivity contribution in [1.82, 2.24) is 0 Å². The van der Waals surface area contributed by atoms with Crippen molar-refractivity contribution >= 4 is 14.0 Å². The summed E-state index contributed by atoms with van der Waals surface area (Å²) in [5.41, 5.74) is 0.450. The van der Waals surface area contributed by atoms with Crippen LogP contribution in [0, 0.1) is 0 Å².